The van der Waals surface area contributed by atoms with Crippen molar-refractivity contribution in [1.82, 2.24) is 14.4 Å². The highest BCUT2D eigenvalue weighted by Crippen LogP contribution is 2.31. The number of fused-ring (bicyclic) bond motifs is 1. The third-order valence-electron chi connectivity index (χ3n) is 3.06. The van der Waals surface area contributed by atoms with Gasteiger partial charge in [-0.3, -0.25) is 4.40 Å². The van der Waals surface area contributed by atoms with Crippen LogP contribution in [0.2, 0.25) is 0 Å². The van der Waals surface area contributed by atoms with E-state index in [-0.39, 0.29) is 0 Å². The number of hydrogen-bond donors (Lipinski definition) is 1. The molecule has 0 saturated heterocycles. The fourth-order valence-corrected chi connectivity index (χ4v) is 2.19. The zero-order valence-corrected chi connectivity index (χ0v) is 10.6. The Balaban J connectivity index is 2.30. The van der Waals surface area contributed by atoms with Gasteiger partial charge in [0.2, 0.25) is 5.78 Å². The number of aromatic nitrogens is 3. The van der Waals surface area contributed by atoms with Crippen molar-refractivity contribution >= 4 is 5.78 Å². The Kier molecular flexibility index (Phi) is 2.89. The van der Waals surface area contributed by atoms with Gasteiger partial charge in [0.1, 0.15) is 5.75 Å². The van der Waals surface area contributed by atoms with Crippen LogP contribution in [0.4, 0.5) is 0 Å². The molecule has 0 aliphatic rings. The molecular formula is C14H14N4O. The summed E-state index contributed by atoms with van der Waals surface area (Å²) in [5.74, 6) is 1.42. The van der Waals surface area contributed by atoms with Gasteiger partial charge in [0, 0.05) is 24.5 Å². The van der Waals surface area contributed by atoms with Gasteiger partial charge in [0.05, 0.1) is 18.5 Å². The zero-order valence-electron chi connectivity index (χ0n) is 10.6. The molecule has 3 aromatic rings. The van der Waals surface area contributed by atoms with Gasteiger partial charge in [-0.1, -0.05) is 12.1 Å². The summed E-state index contributed by atoms with van der Waals surface area (Å²) in [5, 5.41) is 0. The number of nitrogens with two attached hydrogens (primary N) is 1. The van der Waals surface area contributed by atoms with Crippen LogP contribution in [-0.2, 0) is 6.54 Å². The lowest BCUT2D eigenvalue weighted by Crippen LogP contribution is -2.03. The number of para-hydroxylation sites is 1. The van der Waals surface area contributed by atoms with Crippen molar-refractivity contribution in [2.24, 2.45) is 5.73 Å². The molecule has 0 bridgehead atoms. The van der Waals surface area contributed by atoms with Crippen LogP contribution in [0.3, 0.4) is 0 Å². The second-order valence-corrected chi connectivity index (χ2v) is 4.10. The van der Waals surface area contributed by atoms with Gasteiger partial charge < -0.3 is 10.5 Å². The molecule has 0 unspecified atom stereocenters. The summed E-state index contributed by atoms with van der Waals surface area (Å²) in [6, 6.07) is 9.63. The quantitative estimate of drug-likeness (QED) is 0.774. The van der Waals surface area contributed by atoms with Crippen molar-refractivity contribution in [3.05, 3.63) is 48.4 Å². The Bertz CT molecular complexity index is 720. The van der Waals surface area contributed by atoms with E-state index < -0.39 is 0 Å². The summed E-state index contributed by atoms with van der Waals surface area (Å²) in [6.45, 7) is 0.389. The first kappa shape index (κ1) is 11.7. The molecule has 96 valence electrons. The Morgan fingerprint density at radius 3 is 2.89 bits per heavy atom. The molecule has 1 aromatic carbocycles. The fourth-order valence-electron chi connectivity index (χ4n) is 2.19. The van der Waals surface area contributed by atoms with E-state index in [4.69, 9.17) is 10.5 Å². The second-order valence-electron chi connectivity index (χ2n) is 4.10. The van der Waals surface area contributed by atoms with E-state index in [0.29, 0.717) is 12.3 Å². The number of nitrogens with zero attached hydrogens (tertiary/aromatic N) is 3. The van der Waals surface area contributed by atoms with Gasteiger partial charge in [-0.15, -0.1) is 0 Å². The van der Waals surface area contributed by atoms with Crippen LogP contribution in [-0.4, -0.2) is 21.5 Å². The molecule has 0 fully saturated rings. The molecule has 0 atom stereocenters. The van der Waals surface area contributed by atoms with Crippen LogP contribution < -0.4 is 10.5 Å². The molecule has 0 aliphatic heterocycles. The minimum atomic E-state index is 0.389. The third kappa shape index (κ3) is 1.84. The van der Waals surface area contributed by atoms with Crippen molar-refractivity contribution in [3.63, 3.8) is 0 Å². The van der Waals surface area contributed by atoms with E-state index in [1.54, 1.807) is 13.3 Å². The SMILES string of the molecule is COc1ccccc1-c1nc2ncccn2c1CN. The Morgan fingerprint density at radius 2 is 2.11 bits per heavy atom. The maximum absolute atomic E-state index is 5.86. The maximum Gasteiger partial charge on any atom is 0.234 e. The standard InChI is InChI=1S/C14H14N4O/c1-19-12-6-3-2-5-10(12)13-11(9-15)18-8-4-7-16-14(18)17-13/h2-8H,9,15H2,1H3. The van der Waals surface area contributed by atoms with Gasteiger partial charge in [-0.2, -0.15) is 0 Å². The molecular weight excluding hydrogens is 240 g/mol. The highest BCUT2D eigenvalue weighted by molar-refractivity contribution is 5.71. The number of rotatable bonds is 3. The van der Waals surface area contributed by atoms with Crippen LogP contribution in [0.5, 0.6) is 5.75 Å². The molecule has 2 N–H and O–H groups in total. The normalized spacial score (nSPS) is 10.8. The Labute approximate surface area is 110 Å². The Morgan fingerprint density at radius 1 is 1.26 bits per heavy atom. The van der Waals surface area contributed by atoms with Gasteiger partial charge in [0.15, 0.2) is 0 Å². The number of methoxy groups -OCH3 is 1. The number of imidazole rings is 1. The number of ether oxygens (including phenoxy) is 1. The van der Waals surface area contributed by atoms with Crippen molar-refractivity contribution in [3.8, 4) is 17.0 Å². The topological polar surface area (TPSA) is 65.4 Å². The Hall–Kier alpha value is -2.40. The van der Waals surface area contributed by atoms with Gasteiger partial charge in [-0.25, -0.2) is 9.97 Å². The third-order valence-corrected chi connectivity index (χ3v) is 3.06. The monoisotopic (exact) mass is 254 g/mol. The molecule has 5 heteroatoms. The number of hydrogen-bond acceptors (Lipinski definition) is 4. The smallest absolute Gasteiger partial charge is 0.234 e. The van der Waals surface area contributed by atoms with Crippen molar-refractivity contribution in [2.75, 3.05) is 7.11 Å². The molecule has 0 aliphatic carbocycles. The van der Waals surface area contributed by atoms with Crippen molar-refractivity contribution in [2.45, 2.75) is 6.54 Å². The first-order valence-corrected chi connectivity index (χ1v) is 6.00. The van der Waals surface area contributed by atoms with Crippen LogP contribution in [0, 0.1) is 0 Å². The maximum atomic E-state index is 5.86. The van der Waals surface area contributed by atoms with Crippen LogP contribution in [0.25, 0.3) is 17.0 Å². The summed E-state index contributed by atoms with van der Waals surface area (Å²) in [5.41, 5.74) is 8.53. The first-order valence-electron chi connectivity index (χ1n) is 6.00. The van der Waals surface area contributed by atoms with Gasteiger partial charge in [-0.05, 0) is 18.2 Å². The van der Waals surface area contributed by atoms with Gasteiger partial charge >= 0.3 is 0 Å². The van der Waals surface area contributed by atoms with E-state index >= 15 is 0 Å². The first-order chi connectivity index (χ1) is 9.35. The lowest BCUT2D eigenvalue weighted by Gasteiger charge is -2.07. The lowest BCUT2D eigenvalue weighted by atomic mass is 10.1. The summed E-state index contributed by atoms with van der Waals surface area (Å²) in [4.78, 5) is 8.80. The van der Waals surface area contributed by atoms with Crippen molar-refractivity contribution < 1.29 is 4.74 Å². The molecule has 2 aromatic heterocycles. The van der Waals surface area contributed by atoms with E-state index in [1.807, 2.05) is 40.9 Å². The van der Waals surface area contributed by atoms with E-state index in [9.17, 15) is 0 Å². The van der Waals surface area contributed by atoms with E-state index in [0.717, 1.165) is 22.7 Å². The molecule has 2 heterocycles. The van der Waals surface area contributed by atoms with Crippen molar-refractivity contribution in [1.29, 1.82) is 0 Å². The molecule has 19 heavy (non-hydrogen) atoms. The van der Waals surface area contributed by atoms with E-state index in [2.05, 4.69) is 9.97 Å². The molecule has 5 nitrogen and oxygen atoms in total. The average molecular weight is 254 g/mol. The summed E-state index contributed by atoms with van der Waals surface area (Å²) in [6.07, 6.45) is 3.63. The fraction of sp³-hybridized carbons (Fsp3) is 0.143. The zero-order chi connectivity index (χ0) is 13.2. The number of benzene rings is 1. The van der Waals surface area contributed by atoms with Crippen LogP contribution in [0.15, 0.2) is 42.7 Å². The highest BCUT2D eigenvalue weighted by atomic mass is 16.5. The largest absolute Gasteiger partial charge is 0.496 e. The average Bonchev–Trinajstić information content (AvgIpc) is 2.85. The van der Waals surface area contributed by atoms with Crippen LogP contribution >= 0.6 is 0 Å². The lowest BCUT2D eigenvalue weighted by molar-refractivity contribution is 0.416. The molecule has 3 rings (SSSR count). The predicted octanol–water partition coefficient (Wildman–Crippen LogP) is 1.86. The predicted molar refractivity (Wildman–Crippen MR) is 72.9 cm³/mol. The van der Waals surface area contributed by atoms with Crippen LogP contribution in [0.1, 0.15) is 5.69 Å². The molecule has 0 saturated carbocycles. The molecule has 0 radical (unpaired) electrons. The second kappa shape index (κ2) is 4.70. The van der Waals surface area contributed by atoms with E-state index in [1.165, 1.54) is 0 Å². The minimum Gasteiger partial charge on any atom is -0.496 e. The minimum absolute atomic E-state index is 0.389. The molecule has 0 amide bonds. The van der Waals surface area contributed by atoms with Gasteiger partial charge in [0.25, 0.3) is 0 Å². The summed E-state index contributed by atoms with van der Waals surface area (Å²) >= 11 is 0. The summed E-state index contributed by atoms with van der Waals surface area (Å²) < 4.78 is 7.29. The highest BCUT2D eigenvalue weighted by Gasteiger charge is 2.16. The molecule has 0 spiro atoms. The summed E-state index contributed by atoms with van der Waals surface area (Å²) in [7, 11) is 1.65.